The van der Waals surface area contributed by atoms with Gasteiger partial charge < -0.3 is 0 Å². The van der Waals surface area contributed by atoms with Gasteiger partial charge in [0.15, 0.2) is 0 Å². The number of carbonyl (C=O) groups excluding carboxylic acids is 1. The Labute approximate surface area is 188 Å². The number of aryl methyl sites for hydroxylation is 1. The minimum absolute atomic E-state index is 0.0431. The van der Waals surface area contributed by atoms with E-state index in [1.165, 1.54) is 47.9 Å². The number of rotatable bonds is 7. The third-order valence-corrected chi connectivity index (χ3v) is 7.56. The molecule has 1 heterocycles. The van der Waals surface area contributed by atoms with Crippen LogP contribution in [0.3, 0.4) is 0 Å². The number of nitrogens with one attached hydrogen (secondary N) is 1. The first-order chi connectivity index (χ1) is 14.3. The molecular formula is C20H17Cl2N3O3S2. The molecule has 0 aliphatic carbocycles. The van der Waals surface area contributed by atoms with E-state index in [1.807, 2.05) is 18.4 Å². The van der Waals surface area contributed by atoms with E-state index in [9.17, 15) is 13.2 Å². The molecule has 0 aliphatic rings. The number of hydrogen-bond donors (Lipinski definition) is 1. The highest BCUT2D eigenvalue weighted by atomic mass is 35.5. The fraction of sp³-hybridized carbons (Fsp3) is 0.100. The van der Waals surface area contributed by atoms with E-state index in [1.54, 1.807) is 18.2 Å². The Morgan fingerprint density at radius 1 is 1.13 bits per heavy atom. The van der Waals surface area contributed by atoms with Crippen molar-refractivity contribution in [2.45, 2.75) is 11.8 Å². The number of sulfonamides is 1. The topological polar surface area (TPSA) is 78.8 Å². The van der Waals surface area contributed by atoms with Gasteiger partial charge in [0.1, 0.15) is 6.54 Å². The van der Waals surface area contributed by atoms with E-state index in [0.717, 1.165) is 14.7 Å². The summed E-state index contributed by atoms with van der Waals surface area (Å²) in [5.74, 6) is -0.606. The second kappa shape index (κ2) is 9.61. The lowest BCUT2D eigenvalue weighted by Gasteiger charge is -2.24. The minimum atomic E-state index is -4.03. The molecular weight excluding hydrogens is 465 g/mol. The van der Waals surface area contributed by atoms with Crippen molar-refractivity contribution in [1.82, 2.24) is 5.43 Å². The Bertz CT molecular complexity index is 1180. The molecule has 1 N–H and O–H groups in total. The van der Waals surface area contributed by atoms with Gasteiger partial charge >= 0.3 is 0 Å². The van der Waals surface area contributed by atoms with E-state index >= 15 is 0 Å². The summed E-state index contributed by atoms with van der Waals surface area (Å²) < 4.78 is 27.4. The molecule has 0 aliphatic heterocycles. The van der Waals surface area contributed by atoms with Crippen LogP contribution in [0.5, 0.6) is 0 Å². The lowest BCUT2D eigenvalue weighted by atomic mass is 10.3. The quantitative estimate of drug-likeness (QED) is 0.391. The zero-order valence-electron chi connectivity index (χ0n) is 15.7. The van der Waals surface area contributed by atoms with Crippen LogP contribution in [-0.2, 0) is 14.8 Å². The first-order valence-corrected chi connectivity index (χ1v) is 11.8. The molecule has 10 heteroatoms. The highest BCUT2D eigenvalue weighted by Crippen LogP contribution is 2.30. The van der Waals surface area contributed by atoms with Crippen molar-refractivity contribution >= 4 is 62.4 Å². The molecule has 0 saturated heterocycles. The summed E-state index contributed by atoms with van der Waals surface area (Å²) in [5.41, 5.74) is 3.61. The molecule has 2 aromatic carbocycles. The summed E-state index contributed by atoms with van der Waals surface area (Å²) in [7, 11) is -4.03. The minimum Gasteiger partial charge on any atom is -0.271 e. The fourth-order valence-electron chi connectivity index (χ4n) is 2.52. The number of hydrazone groups is 1. The van der Waals surface area contributed by atoms with Gasteiger partial charge in [-0.1, -0.05) is 41.4 Å². The van der Waals surface area contributed by atoms with Crippen LogP contribution in [-0.4, -0.2) is 27.1 Å². The molecule has 1 aromatic heterocycles. The van der Waals surface area contributed by atoms with Gasteiger partial charge in [0.05, 0.1) is 26.8 Å². The number of anilines is 1. The number of halogens is 2. The van der Waals surface area contributed by atoms with Crippen LogP contribution in [0.1, 0.15) is 10.4 Å². The van der Waals surface area contributed by atoms with Crippen LogP contribution in [0.25, 0.3) is 0 Å². The van der Waals surface area contributed by atoms with Gasteiger partial charge in [0.25, 0.3) is 15.9 Å². The second-order valence-electron chi connectivity index (χ2n) is 6.18. The molecule has 0 spiro atoms. The molecule has 156 valence electrons. The number of benzene rings is 2. The first-order valence-electron chi connectivity index (χ1n) is 8.68. The van der Waals surface area contributed by atoms with Crippen molar-refractivity contribution in [3.63, 3.8) is 0 Å². The highest BCUT2D eigenvalue weighted by Gasteiger charge is 2.27. The third kappa shape index (κ3) is 5.20. The number of amides is 1. The molecule has 6 nitrogen and oxygen atoms in total. The summed E-state index contributed by atoms with van der Waals surface area (Å²) in [5, 5.41) is 6.29. The Morgan fingerprint density at radius 3 is 2.50 bits per heavy atom. The summed E-state index contributed by atoms with van der Waals surface area (Å²) in [4.78, 5) is 13.4. The van der Waals surface area contributed by atoms with Gasteiger partial charge in [-0.25, -0.2) is 13.8 Å². The maximum atomic E-state index is 13.2. The fourth-order valence-corrected chi connectivity index (χ4v) is 5.03. The molecule has 0 atom stereocenters. The van der Waals surface area contributed by atoms with Crippen LogP contribution < -0.4 is 9.73 Å². The van der Waals surface area contributed by atoms with Crippen LogP contribution >= 0.6 is 34.5 Å². The van der Waals surface area contributed by atoms with Crippen molar-refractivity contribution in [2.75, 3.05) is 10.8 Å². The highest BCUT2D eigenvalue weighted by molar-refractivity contribution is 7.92. The Balaban J connectivity index is 1.87. The van der Waals surface area contributed by atoms with Gasteiger partial charge in [-0.3, -0.25) is 9.10 Å². The lowest BCUT2D eigenvalue weighted by Crippen LogP contribution is -2.39. The van der Waals surface area contributed by atoms with E-state index in [-0.39, 0.29) is 20.6 Å². The van der Waals surface area contributed by atoms with E-state index in [0.29, 0.717) is 0 Å². The van der Waals surface area contributed by atoms with Crippen molar-refractivity contribution in [3.05, 3.63) is 80.5 Å². The van der Waals surface area contributed by atoms with Crippen molar-refractivity contribution < 1.29 is 13.2 Å². The first kappa shape index (κ1) is 22.3. The number of carbonyl (C=O) groups is 1. The van der Waals surface area contributed by atoms with Crippen molar-refractivity contribution in [1.29, 1.82) is 0 Å². The van der Waals surface area contributed by atoms with Gasteiger partial charge in [0, 0.05) is 4.88 Å². The van der Waals surface area contributed by atoms with E-state index in [2.05, 4.69) is 10.5 Å². The molecule has 0 fully saturated rings. The number of thiophene rings is 1. The predicted octanol–water partition coefficient (Wildman–Crippen LogP) is 4.71. The third-order valence-electron chi connectivity index (χ3n) is 4.08. The number of hydrogen-bond acceptors (Lipinski definition) is 5. The number of nitrogens with zero attached hydrogens (tertiary/aromatic N) is 2. The molecule has 3 rings (SSSR count). The molecule has 0 bridgehead atoms. The van der Waals surface area contributed by atoms with E-state index in [4.69, 9.17) is 23.2 Å². The van der Waals surface area contributed by atoms with Crippen molar-refractivity contribution in [2.24, 2.45) is 5.10 Å². The predicted molar refractivity (Wildman–Crippen MR) is 122 cm³/mol. The van der Waals surface area contributed by atoms with Gasteiger partial charge in [0.2, 0.25) is 0 Å². The average Bonchev–Trinajstić information content (AvgIpc) is 3.14. The van der Waals surface area contributed by atoms with E-state index < -0.39 is 22.5 Å². The standard InChI is InChI=1S/C20H17Cl2N3O3S2/c1-14-9-10-29-19(14)12-23-24-20(26)13-25(15-7-8-17(21)18(22)11-15)30(27,28)16-5-3-2-4-6-16/h2-12H,13H2,1H3,(H,24,26)/b23-12-. The molecule has 1 amide bonds. The zero-order valence-corrected chi connectivity index (χ0v) is 18.9. The Morgan fingerprint density at radius 2 is 1.87 bits per heavy atom. The normalized spacial score (nSPS) is 11.6. The van der Waals surface area contributed by atoms with Crippen LogP contribution in [0.15, 0.2) is 70.0 Å². The lowest BCUT2D eigenvalue weighted by molar-refractivity contribution is -0.119. The average molecular weight is 482 g/mol. The molecule has 0 radical (unpaired) electrons. The maximum absolute atomic E-state index is 13.2. The van der Waals surface area contributed by atoms with Gasteiger partial charge in [-0.2, -0.15) is 5.10 Å². The molecule has 0 unspecified atom stereocenters. The smallest absolute Gasteiger partial charge is 0.264 e. The summed E-state index contributed by atoms with van der Waals surface area (Å²) >= 11 is 13.5. The summed E-state index contributed by atoms with van der Waals surface area (Å²) in [6.45, 7) is 1.44. The Kier molecular flexibility index (Phi) is 7.14. The maximum Gasteiger partial charge on any atom is 0.264 e. The monoisotopic (exact) mass is 481 g/mol. The largest absolute Gasteiger partial charge is 0.271 e. The summed E-state index contributed by atoms with van der Waals surface area (Å²) in [6.07, 6.45) is 1.52. The van der Waals surface area contributed by atoms with Crippen LogP contribution in [0.4, 0.5) is 5.69 Å². The zero-order chi connectivity index (χ0) is 21.7. The van der Waals surface area contributed by atoms with Crippen LogP contribution in [0.2, 0.25) is 10.0 Å². The SMILES string of the molecule is Cc1ccsc1/C=N\NC(=O)CN(c1ccc(Cl)c(Cl)c1)S(=O)(=O)c1ccccc1. The van der Waals surface area contributed by atoms with Crippen LogP contribution in [0, 0.1) is 6.92 Å². The molecule has 3 aromatic rings. The van der Waals surface area contributed by atoms with Crippen molar-refractivity contribution in [3.8, 4) is 0 Å². The molecule has 30 heavy (non-hydrogen) atoms. The summed E-state index contributed by atoms with van der Waals surface area (Å²) in [6, 6.07) is 14.1. The van der Waals surface area contributed by atoms with Gasteiger partial charge in [-0.15, -0.1) is 11.3 Å². The molecule has 0 saturated carbocycles. The Hall–Kier alpha value is -2.39. The second-order valence-corrected chi connectivity index (χ2v) is 9.81. The van der Waals surface area contributed by atoms with Gasteiger partial charge in [-0.05, 0) is 54.3 Å².